The SMILES string of the molecule is Cc1ccc(Cl)c(OC(C)c2nnc(SCC(=O)Nc3ccc(C(C)C)cc3)n2C)c1. The number of ether oxygens (including phenoxy) is 1. The fraction of sp³-hybridized carbons (Fsp3) is 0.348. The highest BCUT2D eigenvalue weighted by molar-refractivity contribution is 7.99. The average Bonchev–Trinajstić information content (AvgIpc) is 3.10. The van der Waals surface area contributed by atoms with E-state index in [1.807, 2.05) is 67.9 Å². The summed E-state index contributed by atoms with van der Waals surface area (Å²) in [4.78, 5) is 12.3. The summed E-state index contributed by atoms with van der Waals surface area (Å²) in [6, 6.07) is 13.5. The molecule has 1 unspecified atom stereocenters. The molecular formula is C23H27ClN4O2S. The zero-order chi connectivity index (χ0) is 22.5. The van der Waals surface area contributed by atoms with Gasteiger partial charge in [-0.1, -0.05) is 55.4 Å². The van der Waals surface area contributed by atoms with Crippen molar-refractivity contribution >= 4 is 35.0 Å². The molecule has 6 nitrogen and oxygen atoms in total. The molecule has 0 fully saturated rings. The molecule has 3 aromatic rings. The first-order chi connectivity index (χ1) is 14.7. The van der Waals surface area contributed by atoms with E-state index < -0.39 is 0 Å². The number of carbonyl (C=O) groups is 1. The number of amides is 1. The lowest BCUT2D eigenvalue weighted by atomic mass is 10.0. The summed E-state index contributed by atoms with van der Waals surface area (Å²) in [7, 11) is 1.86. The van der Waals surface area contributed by atoms with Gasteiger partial charge in [0.25, 0.3) is 0 Å². The quantitative estimate of drug-likeness (QED) is 0.434. The summed E-state index contributed by atoms with van der Waals surface area (Å²) < 4.78 is 7.83. The molecule has 1 atom stereocenters. The Kier molecular flexibility index (Phi) is 7.62. The molecule has 8 heteroatoms. The number of nitrogens with one attached hydrogen (secondary N) is 1. The Hall–Kier alpha value is -2.51. The van der Waals surface area contributed by atoms with Gasteiger partial charge in [0.1, 0.15) is 5.75 Å². The van der Waals surface area contributed by atoms with Gasteiger partial charge in [0, 0.05) is 12.7 Å². The molecule has 0 aliphatic rings. The van der Waals surface area contributed by atoms with E-state index in [1.54, 1.807) is 0 Å². The molecule has 0 spiro atoms. The molecule has 0 bridgehead atoms. The first-order valence-electron chi connectivity index (χ1n) is 10.1. The van der Waals surface area contributed by atoms with Crippen molar-refractivity contribution in [2.75, 3.05) is 11.1 Å². The van der Waals surface area contributed by atoms with E-state index >= 15 is 0 Å². The van der Waals surface area contributed by atoms with Crippen molar-refractivity contribution in [2.45, 2.75) is 44.9 Å². The average molecular weight is 459 g/mol. The van der Waals surface area contributed by atoms with Crippen LogP contribution in [0.3, 0.4) is 0 Å². The fourth-order valence-corrected chi connectivity index (χ4v) is 3.91. The number of aryl methyl sites for hydroxylation is 1. The van der Waals surface area contributed by atoms with Crippen LogP contribution in [-0.4, -0.2) is 26.4 Å². The Morgan fingerprint density at radius 2 is 1.87 bits per heavy atom. The van der Waals surface area contributed by atoms with Gasteiger partial charge >= 0.3 is 0 Å². The van der Waals surface area contributed by atoms with Crippen molar-refractivity contribution in [3.8, 4) is 5.75 Å². The summed E-state index contributed by atoms with van der Waals surface area (Å²) in [6.07, 6.45) is -0.348. The van der Waals surface area contributed by atoms with Gasteiger partial charge in [-0.15, -0.1) is 10.2 Å². The summed E-state index contributed by atoms with van der Waals surface area (Å²) in [5.41, 5.74) is 3.08. The molecule has 1 heterocycles. The van der Waals surface area contributed by atoms with Crippen LogP contribution in [0.2, 0.25) is 5.02 Å². The molecular weight excluding hydrogens is 432 g/mol. The van der Waals surface area contributed by atoms with Crippen molar-refractivity contribution in [3.63, 3.8) is 0 Å². The highest BCUT2D eigenvalue weighted by Crippen LogP contribution is 2.30. The molecule has 0 aliphatic heterocycles. The standard InChI is InChI=1S/C23H27ClN4O2S/c1-14(2)17-7-9-18(10-8-17)25-21(29)13-31-23-27-26-22(28(23)5)16(4)30-20-12-15(3)6-11-19(20)24/h6-12,14,16H,13H2,1-5H3,(H,25,29). The lowest BCUT2D eigenvalue weighted by molar-refractivity contribution is -0.113. The molecule has 0 radical (unpaired) electrons. The minimum absolute atomic E-state index is 0.0947. The number of thioether (sulfide) groups is 1. The van der Waals surface area contributed by atoms with Gasteiger partial charge in [0.2, 0.25) is 5.91 Å². The van der Waals surface area contributed by atoms with Crippen LogP contribution in [-0.2, 0) is 11.8 Å². The van der Waals surface area contributed by atoms with Crippen molar-refractivity contribution in [3.05, 3.63) is 64.4 Å². The largest absolute Gasteiger partial charge is 0.481 e. The van der Waals surface area contributed by atoms with Crippen LogP contribution < -0.4 is 10.1 Å². The lowest BCUT2D eigenvalue weighted by Gasteiger charge is -2.15. The molecule has 0 aliphatic carbocycles. The smallest absolute Gasteiger partial charge is 0.234 e. The van der Waals surface area contributed by atoms with Crippen LogP contribution in [0.1, 0.15) is 49.7 Å². The van der Waals surface area contributed by atoms with Crippen LogP contribution in [0.15, 0.2) is 47.6 Å². The topological polar surface area (TPSA) is 69.0 Å². The Morgan fingerprint density at radius 3 is 2.55 bits per heavy atom. The predicted octanol–water partition coefficient (Wildman–Crippen LogP) is 5.77. The van der Waals surface area contributed by atoms with Crippen LogP contribution in [0.4, 0.5) is 5.69 Å². The third-order valence-corrected chi connectivity index (χ3v) is 6.15. The van der Waals surface area contributed by atoms with Gasteiger partial charge in [-0.25, -0.2) is 0 Å². The van der Waals surface area contributed by atoms with Gasteiger partial charge < -0.3 is 14.6 Å². The predicted molar refractivity (Wildman–Crippen MR) is 126 cm³/mol. The number of anilines is 1. The van der Waals surface area contributed by atoms with Crippen LogP contribution >= 0.6 is 23.4 Å². The second-order valence-corrected chi connectivity index (χ2v) is 9.06. The molecule has 1 amide bonds. The third kappa shape index (κ3) is 6.02. The van der Waals surface area contributed by atoms with E-state index in [0.29, 0.717) is 27.7 Å². The van der Waals surface area contributed by atoms with Crippen LogP contribution in [0, 0.1) is 6.92 Å². The Balaban J connectivity index is 1.58. The molecule has 1 aromatic heterocycles. The van der Waals surface area contributed by atoms with E-state index in [2.05, 4.69) is 29.4 Å². The normalized spacial score (nSPS) is 12.1. The molecule has 0 saturated carbocycles. The van der Waals surface area contributed by atoms with E-state index in [-0.39, 0.29) is 17.8 Å². The van der Waals surface area contributed by atoms with E-state index in [0.717, 1.165) is 11.3 Å². The van der Waals surface area contributed by atoms with Crippen LogP contribution in [0.25, 0.3) is 0 Å². The monoisotopic (exact) mass is 458 g/mol. The summed E-state index contributed by atoms with van der Waals surface area (Å²) in [6.45, 7) is 8.15. The Labute approximate surface area is 192 Å². The van der Waals surface area contributed by atoms with Crippen molar-refractivity contribution < 1.29 is 9.53 Å². The van der Waals surface area contributed by atoms with Crippen molar-refractivity contribution in [1.82, 2.24) is 14.8 Å². The molecule has 31 heavy (non-hydrogen) atoms. The van der Waals surface area contributed by atoms with Crippen molar-refractivity contribution in [2.24, 2.45) is 7.05 Å². The Morgan fingerprint density at radius 1 is 1.16 bits per heavy atom. The number of hydrogen-bond acceptors (Lipinski definition) is 5. The first-order valence-corrected chi connectivity index (χ1v) is 11.5. The molecule has 164 valence electrons. The second-order valence-electron chi connectivity index (χ2n) is 7.71. The number of carbonyl (C=O) groups excluding carboxylic acids is 1. The Bertz CT molecular complexity index is 1050. The van der Waals surface area contributed by atoms with Crippen molar-refractivity contribution in [1.29, 1.82) is 0 Å². The van der Waals surface area contributed by atoms with Gasteiger partial charge in [-0.05, 0) is 55.2 Å². The second kappa shape index (κ2) is 10.2. The summed E-state index contributed by atoms with van der Waals surface area (Å²) in [5.74, 6) is 1.86. The van der Waals surface area contributed by atoms with Gasteiger partial charge in [-0.3, -0.25) is 4.79 Å². The van der Waals surface area contributed by atoms with E-state index in [1.165, 1.54) is 17.3 Å². The number of hydrogen-bond donors (Lipinski definition) is 1. The first kappa shape index (κ1) is 23.2. The van der Waals surface area contributed by atoms with Gasteiger partial charge in [-0.2, -0.15) is 0 Å². The molecule has 2 aromatic carbocycles. The summed E-state index contributed by atoms with van der Waals surface area (Å²) in [5, 5.41) is 12.6. The van der Waals surface area contributed by atoms with Crippen LogP contribution in [0.5, 0.6) is 5.75 Å². The number of nitrogens with zero attached hydrogens (tertiary/aromatic N) is 3. The number of rotatable bonds is 8. The minimum atomic E-state index is -0.348. The molecule has 3 rings (SSSR count). The minimum Gasteiger partial charge on any atom is -0.481 e. The fourth-order valence-electron chi connectivity index (χ4n) is 3.03. The van der Waals surface area contributed by atoms with E-state index in [4.69, 9.17) is 16.3 Å². The molecule has 1 N–H and O–H groups in total. The highest BCUT2D eigenvalue weighted by atomic mass is 35.5. The van der Waals surface area contributed by atoms with Gasteiger partial charge in [0.15, 0.2) is 17.1 Å². The number of benzene rings is 2. The lowest BCUT2D eigenvalue weighted by Crippen LogP contribution is -2.15. The molecule has 0 saturated heterocycles. The van der Waals surface area contributed by atoms with E-state index in [9.17, 15) is 4.79 Å². The zero-order valence-corrected chi connectivity index (χ0v) is 19.9. The summed E-state index contributed by atoms with van der Waals surface area (Å²) >= 11 is 7.56. The maximum Gasteiger partial charge on any atom is 0.234 e. The number of aromatic nitrogens is 3. The zero-order valence-electron chi connectivity index (χ0n) is 18.3. The maximum atomic E-state index is 12.3. The van der Waals surface area contributed by atoms with Gasteiger partial charge in [0.05, 0.1) is 10.8 Å². The maximum absolute atomic E-state index is 12.3. The highest BCUT2D eigenvalue weighted by Gasteiger charge is 2.19. The number of halogens is 1. The third-order valence-electron chi connectivity index (χ3n) is 4.82.